The van der Waals surface area contributed by atoms with Crippen molar-refractivity contribution in [3.05, 3.63) is 72.4 Å². The molecule has 5 aromatic rings. The second kappa shape index (κ2) is 16.9. The maximum absolute atomic E-state index is 14.1. The molecular formula is C44H56N8O6Si. The SMILES string of the molecule is CC[C@H](C)[C@H](NC(=O)OC)C(=O)N1C[Si](C)(C)C[C@H]1c1nc2ccc3cc(-c4ccc(-c5cnc([C@@H]6CCCN6C(=O)[C@@H](NC(=O)OC)C(C)C)[nH]5)cc4)ccc3c2[nH]1. The zero-order valence-corrected chi connectivity index (χ0v) is 36.2. The van der Waals surface area contributed by atoms with Crippen LogP contribution in [0.3, 0.4) is 0 Å². The van der Waals surface area contributed by atoms with Crippen molar-refractivity contribution in [1.29, 1.82) is 0 Å². The zero-order valence-electron chi connectivity index (χ0n) is 35.2. The normalized spacial score (nSPS) is 19.2. The van der Waals surface area contributed by atoms with Gasteiger partial charge in [-0.05, 0) is 64.9 Å². The van der Waals surface area contributed by atoms with Gasteiger partial charge in [0.05, 0.1) is 57.3 Å². The smallest absolute Gasteiger partial charge is 0.407 e. The number of carbonyl (C=O) groups excluding carboxylic acids is 4. The number of fused-ring (bicyclic) bond motifs is 3. The molecule has 59 heavy (non-hydrogen) atoms. The van der Waals surface area contributed by atoms with Crippen molar-refractivity contribution >= 4 is 53.9 Å². The third-order valence-electron chi connectivity index (χ3n) is 12.1. The lowest BCUT2D eigenvalue weighted by Gasteiger charge is -2.31. The quantitative estimate of drug-likeness (QED) is 0.0981. The minimum Gasteiger partial charge on any atom is -0.453 e. The van der Waals surface area contributed by atoms with E-state index in [1.807, 2.05) is 49.8 Å². The van der Waals surface area contributed by atoms with E-state index in [9.17, 15) is 19.2 Å². The van der Waals surface area contributed by atoms with E-state index in [0.717, 1.165) is 81.1 Å². The number of carbonyl (C=O) groups is 4. The van der Waals surface area contributed by atoms with Gasteiger partial charge in [0.15, 0.2) is 0 Å². The van der Waals surface area contributed by atoms with Crippen molar-refractivity contribution in [2.24, 2.45) is 11.8 Å². The minimum absolute atomic E-state index is 0.0644. The van der Waals surface area contributed by atoms with Crippen LogP contribution in [0.5, 0.6) is 0 Å². The second-order valence-corrected chi connectivity index (χ2v) is 22.2. The Morgan fingerprint density at radius 2 is 1.49 bits per heavy atom. The van der Waals surface area contributed by atoms with Crippen molar-refractivity contribution in [3.63, 3.8) is 0 Å². The number of aromatic amines is 2. The Bertz CT molecular complexity index is 2360. The molecule has 2 saturated heterocycles. The van der Waals surface area contributed by atoms with E-state index in [-0.39, 0.29) is 35.7 Å². The number of rotatable bonds is 11. The fourth-order valence-electron chi connectivity index (χ4n) is 8.65. The number of methoxy groups -OCH3 is 2. The highest BCUT2D eigenvalue weighted by Crippen LogP contribution is 2.40. The number of hydrogen-bond acceptors (Lipinski definition) is 8. The molecule has 2 aliphatic heterocycles. The minimum atomic E-state index is -1.78. The molecule has 15 heteroatoms. The number of H-pyrrole nitrogens is 2. The van der Waals surface area contributed by atoms with Gasteiger partial charge in [0, 0.05) is 18.1 Å². The molecule has 5 atom stereocenters. The number of alkyl carbamates (subject to hydrolysis) is 2. The fraction of sp³-hybridized carbons (Fsp3) is 0.455. The van der Waals surface area contributed by atoms with Crippen LogP contribution in [0.25, 0.3) is 44.2 Å². The Hall–Kier alpha value is -5.70. The van der Waals surface area contributed by atoms with Crippen LogP contribution < -0.4 is 10.6 Å². The number of ether oxygens (including phenoxy) is 2. The molecule has 0 aliphatic carbocycles. The summed E-state index contributed by atoms with van der Waals surface area (Å²) in [7, 11) is 0.822. The standard InChI is InChI=1S/C44H56N8O6Si/c1-9-26(4)37(50-44(56)58-6)42(54)52-24-59(7,8)23-35(52)40-46-32-19-17-30-21-29(16-18-31(30)38(32)48-40)27-12-14-28(15-13-27)33-22-45-39(47-33)34-11-10-20-51(34)41(53)36(25(2)3)49-43(55)57-5/h12-19,21-22,25-26,34-37H,9-11,20,23-24H2,1-8H3,(H,45,47)(H,46,48)(H,49,55)(H,50,56)/t26-,34-,35-,36-,37-/m0/s1. The van der Waals surface area contributed by atoms with Gasteiger partial charge in [0.1, 0.15) is 23.7 Å². The molecule has 312 valence electrons. The molecule has 0 radical (unpaired) electrons. The Morgan fingerprint density at radius 3 is 2.17 bits per heavy atom. The van der Waals surface area contributed by atoms with Crippen LogP contribution in [-0.2, 0) is 19.1 Å². The Labute approximate surface area is 345 Å². The summed E-state index contributed by atoms with van der Waals surface area (Å²) in [5, 5.41) is 7.62. The highest BCUT2D eigenvalue weighted by molar-refractivity contribution is 6.78. The van der Waals surface area contributed by atoms with Gasteiger partial charge in [0.2, 0.25) is 11.8 Å². The van der Waals surface area contributed by atoms with E-state index >= 15 is 0 Å². The molecular weight excluding hydrogens is 765 g/mol. The molecule has 3 aromatic carbocycles. The number of imidazole rings is 2. The second-order valence-electron chi connectivity index (χ2n) is 17.2. The van der Waals surface area contributed by atoms with Gasteiger partial charge in [-0.15, -0.1) is 0 Å². The average Bonchev–Trinajstić information content (AvgIpc) is 4.06. The van der Waals surface area contributed by atoms with Gasteiger partial charge in [-0.2, -0.15) is 0 Å². The molecule has 4 heterocycles. The van der Waals surface area contributed by atoms with Crippen molar-refractivity contribution in [1.82, 2.24) is 40.4 Å². The van der Waals surface area contributed by atoms with Crippen LogP contribution in [0, 0.1) is 11.8 Å². The van der Waals surface area contributed by atoms with Gasteiger partial charge < -0.3 is 39.9 Å². The average molecular weight is 821 g/mol. The fourth-order valence-corrected chi connectivity index (χ4v) is 11.5. The first kappa shape index (κ1) is 41.5. The van der Waals surface area contributed by atoms with E-state index in [2.05, 4.69) is 82.2 Å². The third-order valence-corrected chi connectivity index (χ3v) is 14.8. The first-order valence-electron chi connectivity index (χ1n) is 20.6. The topological polar surface area (TPSA) is 175 Å². The number of nitrogens with one attached hydrogen (secondary N) is 4. The van der Waals surface area contributed by atoms with E-state index in [4.69, 9.17) is 19.4 Å². The summed E-state index contributed by atoms with van der Waals surface area (Å²) in [6, 6.07) is 17.9. The van der Waals surface area contributed by atoms with Crippen LogP contribution in [0.15, 0.2) is 60.8 Å². The number of nitrogens with zero attached hydrogens (tertiary/aromatic N) is 4. The van der Waals surface area contributed by atoms with E-state index < -0.39 is 32.3 Å². The molecule has 4 amide bonds. The largest absolute Gasteiger partial charge is 0.453 e. The number of amides is 4. The molecule has 14 nitrogen and oxygen atoms in total. The number of aromatic nitrogens is 4. The van der Waals surface area contributed by atoms with Crippen LogP contribution in [-0.4, -0.2) is 101 Å². The van der Waals surface area contributed by atoms with Gasteiger partial charge in [-0.25, -0.2) is 19.6 Å². The van der Waals surface area contributed by atoms with E-state index in [0.29, 0.717) is 12.7 Å². The Morgan fingerprint density at radius 1 is 0.831 bits per heavy atom. The number of hydrogen-bond donors (Lipinski definition) is 4. The predicted molar refractivity (Wildman–Crippen MR) is 230 cm³/mol. The van der Waals surface area contributed by atoms with E-state index in [1.165, 1.54) is 14.2 Å². The molecule has 7 rings (SSSR count). The summed E-state index contributed by atoms with van der Waals surface area (Å²) in [6.07, 6.45) is 3.62. The third kappa shape index (κ3) is 8.43. The molecule has 4 N–H and O–H groups in total. The molecule has 0 spiro atoms. The molecule has 2 aromatic heterocycles. The molecule has 0 saturated carbocycles. The first-order chi connectivity index (χ1) is 28.2. The molecule has 2 aliphatic rings. The first-order valence-corrected chi connectivity index (χ1v) is 24.0. The van der Waals surface area contributed by atoms with E-state index in [1.54, 1.807) is 0 Å². The number of likely N-dealkylation sites (tertiary alicyclic amines) is 1. The zero-order chi connectivity index (χ0) is 42.2. The number of benzene rings is 3. The van der Waals surface area contributed by atoms with Crippen molar-refractivity contribution in [2.75, 3.05) is 26.9 Å². The van der Waals surface area contributed by atoms with Gasteiger partial charge in [-0.1, -0.05) is 89.7 Å². The van der Waals surface area contributed by atoms with Crippen molar-refractivity contribution in [3.8, 4) is 22.4 Å². The summed E-state index contributed by atoms with van der Waals surface area (Å²) in [5.41, 5.74) is 5.75. The molecule has 0 unspecified atom stereocenters. The Kier molecular flexibility index (Phi) is 11.9. The van der Waals surface area contributed by atoms with Crippen LogP contribution in [0.4, 0.5) is 9.59 Å². The van der Waals surface area contributed by atoms with Crippen LogP contribution in [0.1, 0.15) is 70.7 Å². The molecule has 0 bridgehead atoms. The molecule has 2 fully saturated rings. The van der Waals surface area contributed by atoms with Gasteiger partial charge >= 0.3 is 12.2 Å². The maximum atomic E-state index is 14.1. The monoisotopic (exact) mass is 820 g/mol. The summed E-state index contributed by atoms with van der Waals surface area (Å²) < 4.78 is 9.64. The van der Waals surface area contributed by atoms with Crippen LogP contribution >= 0.6 is 0 Å². The summed E-state index contributed by atoms with van der Waals surface area (Å²) in [6.45, 7) is 13.0. The summed E-state index contributed by atoms with van der Waals surface area (Å²) in [5.74, 6) is 1.08. The van der Waals surface area contributed by atoms with Crippen molar-refractivity contribution < 1.29 is 28.7 Å². The lowest BCUT2D eigenvalue weighted by Crippen LogP contribution is -2.52. The highest BCUT2D eigenvalue weighted by atomic mass is 28.3. The van der Waals surface area contributed by atoms with Crippen molar-refractivity contribution in [2.45, 2.75) is 90.3 Å². The summed E-state index contributed by atoms with van der Waals surface area (Å²) in [4.78, 5) is 72.6. The summed E-state index contributed by atoms with van der Waals surface area (Å²) >= 11 is 0. The predicted octanol–water partition coefficient (Wildman–Crippen LogP) is 7.72. The van der Waals surface area contributed by atoms with Gasteiger partial charge in [0.25, 0.3) is 0 Å². The lowest BCUT2D eigenvalue weighted by atomic mass is 9.97. The lowest BCUT2D eigenvalue weighted by molar-refractivity contribution is -0.136. The Balaban J connectivity index is 1.09. The van der Waals surface area contributed by atoms with Gasteiger partial charge in [-0.3, -0.25) is 9.59 Å². The highest BCUT2D eigenvalue weighted by Gasteiger charge is 2.46. The van der Waals surface area contributed by atoms with Crippen LogP contribution in [0.2, 0.25) is 19.1 Å². The maximum Gasteiger partial charge on any atom is 0.407 e.